The van der Waals surface area contributed by atoms with Crippen LogP contribution in [0.1, 0.15) is 13.8 Å². The van der Waals surface area contributed by atoms with Gasteiger partial charge in [0.25, 0.3) is 5.69 Å². The maximum atomic E-state index is 11.8. The standard InChI is InChI=1S/C13H19N3O5S/c1-9-7-15(8-10(2)21-9)12-5-4-11(22(19,20)14-3)6-13(12)16(17)18/h4-6,9-10,14H,7-8H2,1-3H3. The van der Waals surface area contributed by atoms with Gasteiger partial charge in [0.05, 0.1) is 22.0 Å². The Labute approximate surface area is 129 Å². The van der Waals surface area contributed by atoms with E-state index in [1.807, 2.05) is 18.7 Å². The molecule has 1 heterocycles. The summed E-state index contributed by atoms with van der Waals surface area (Å²) in [6, 6.07) is 3.94. The third-order valence-corrected chi connectivity index (χ3v) is 4.89. The van der Waals surface area contributed by atoms with Crippen LogP contribution in [0.3, 0.4) is 0 Å². The molecule has 1 aliphatic rings. The second kappa shape index (κ2) is 6.19. The normalized spacial score (nSPS) is 22.6. The number of benzene rings is 1. The van der Waals surface area contributed by atoms with E-state index in [4.69, 9.17) is 4.74 Å². The molecule has 8 nitrogen and oxygen atoms in total. The molecule has 0 amide bonds. The summed E-state index contributed by atoms with van der Waals surface area (Å²) in [4.78, 5) is 12.5. The van der Waals surface area contributed by atoms with E-state index in [-0.39, 0.29) is 22.8 Å². The van der Waals surface area contributed by atoms with Gasteiger partial charge in [-0.05, 0) is 33.0 Å². The minimum absolute atomic E-state index is 0.0518. The number of rotatable bonds is 4. The third-order valence-electron chi connectivity index (χ3n) is 3.48. The van der Waals surface area contributed by atoms with E-state index in [1.165, 1.54) is 19.2 Å². The predicted molar refractivity (Wildman–Crippen MR) is 81.6 cm³/mol. The van der Waals surface area contributed by atoms with Gasteiger partial charge in [0.1, 0.15) is 5.69 Å². The lowest BCUT2D eigenvalue weighted by molar-refractivity contribution is -0.384. The molecule has 0 aromatic heterocycles. The fourth-order valence-corrected chi connectivity index (χ4v) is 3.33. The molecule has 2 atom stereocenters. The minimum Gasteiger partial charge on any atom is -0.372 e. The number of nitro groups is 1. The van der Waals surface area contributed by atoms with Crippen molar-refractivity contribution in [3.05, 3.63) is 28.3 Å². The fourth-order valence-electron chi connectivity index (χ4n) is 2.58. The molecule has 2 rings (SSSR count). The minimum atomic E-state index is -3.72. The molecule has 122 valence electrons. The van der Waals surface area contributed by atoms with E-state index in [9.17, 15) is 18.5 Å². The summed E-state index contributed by atoms with van der Waals surface area (Å²) in [5.74, 6) is 0. The Morgan fingerprint density at radius 2 is 1.91 bits per heavy atom. The number of nitrogens with one attached hydrogen (secondary N) is 1. The Balaban J connectivity index is 2.46. The van der Waals surface area contributed by atoms with Crippen LogP contribution in [0.2, 0.25) is 0 Å². The SMILES string of the molecule is CNS(=O)(=O)c1ccc(N2CC(C)OC(C)C2)c([N+](=O)[O-])c1. The number of sulfonamides is 1. The summed E-state index contributed by atoms with van der Waals surface area (Å²) in [6.07, 6.45) is -0.104. The molecule has 1 aliphatic heterocycles. The first-order chi connectivity index (χ1) is 10.2. The summed E-state index contributed by atoms with van der Waals surface area (Å²) >= 11 is 0. The largest absolute Gasteiger partial charge is 0.372 e. The van der Waals surface area contributed by atoms with Crippen molar-refractivity contribution in [2.45, 2.75) is 31.0 Å². The quantitative estimate of drug-likeness (QED) is 0.656. The van der Waals surface area contributed by atoms with Crippen molar-refractivity contribution in [2.24, 2.45) is 0 Å². The summed E-state index contributed by atoms with van der Waals surface area (Å²) in [5.41, 5.74) is 0.180. The first-order valence-electron chi connectivity index (χ1n) is 6.87. The predicted octanol–water partition coefficient (Wildman–Crippen LogP) is 1.12. The van der Waals surface area contributed by atoms with Crippen LogP contribution in [0.15, 0.2) is 23.1 Å². The van der Waals surface area contributed by atoms with Gasteiger partial charge in [0.2, 0.25) is 10.0 Å². The van der Waals surface area contributed by atoms with Crippen molar-refractivity contribution < 1.29 is 18.1 Å². The zero-order valence-electron chi connectivity index (χ0n) is 12.6. The highest BCUT2D eigenvalue weighted by molar-refractivity contribution is 7.89. The van der Waals surface area contributed by atoms with Gasteiger partial charge in [-0.25, -0.2) is 13.1 Å². The summed E-state index contributed by atoms with van der Waals surface area (Å²) in [7, 11) is -2.46. The molecule has 1 saturated heterocycles. The van der Waals surface area contributed by atoms with Gasteiger partial charge >= 0.3 is 0 Å². The second-order valence-electron chi connectivity index (χ2n) is 5.28. The van der Waals surface area contributed by atoms with E-state index >= 15 is 0 Å². The van der Waals surface area contributed by atoms with Gasteiger partial charge in [-0.3, -0.25) is 10.1 Å². The lowest BCUT2D eigenvalue weighted by Gasteiger charge is -2.36. The van der Waals surface area contributed by atoms with Crippen LogP contribution >= 0.6 is 0 Å². The number of nitrogens with zero attached hydrogens (tertiary/aromatic N) is 2. The van der Waals surface area contributed by atoms with Gasteiger partial charge in [-0.1, -0.05) is 0 Å². The zero-order valence-corrected chi connectivity index (χ0v) is 13.5. The first-order valence-corrected chi connectivity index (χ1v) is 8.35. The number of hydrogen-bond donors (Lipinski definition) is 1. The first kappa shape index (κ1) is 16.7. The van der Waals surface area contributed by atoms with Crippen LogP contribution in [-0.4, -0.2) is 45.7 Å². The highest BCUT2D eigenvalue weighted by Crippen LogP contribution is 2.32. The molecule has 1 N–H and O–H groups in total. The highest BCUT2D eigenvalue weighted by atomic mass is 32.2. The van der Waals surface area contributed by atoms with E-state index in [0.717, 1.165) is 6.07 Å². The Morgan fingerprint density at radius 3 is 2.41 bits per heavy atom. The van der Waals surface area contributed by atoms with Crippen molar-refractivity contribution in [3.63, 3.8) is 0 Å². The fraction of sp³-hybridized carbons (Fsp3) is 0.538. The number of morpholine rings is 1. The topological polar surface area (TPSA) is 102 Å². The Morgan fingerprint density at radius 1 is 1.32 bits per heavy atom. The molecular weight excluding hydrogens is 310 g/mol. The molecular formula is C13H19N3O5S. The smallest absolute Gasteiger partial charge is 0.293 e. The third kappa shape index (κ3) is 3.37. The summed E-state index contributed by atoms with van der Waals surface area (Å²) < 4.78 is 31.4. The molecule has 0 saturated carbocycles. The van der Waals surface area contributed by atoms with Crippen molar-refractivity contribution in [1.82, 2.24) is 4.72 Å². The van der Waals surface area contributed by atoms with Gasteiger partial charge in [-0.15, -0.1) is 0 Å². The lowest BCUT2D eigenvalue weighted by Crippen LogP contribution is -2.45. The van der Waals surface area contributed by atoms with Gasteiger partial charge < -0.3 is 9.64 Å². The van der Waals surface area contributed by atoms with Crippen molar-refractivity contribution in [2.75, 3.05) is 25.0 Å². The van der Waals surface area contributed by atoms with Crippen molar-refractivity contribution in [3.8, 4) is 0 Å². The van der Waals surface area contributed by atoms with Crippen LogP contribution in [0.25, 0.3) is 0 Å². The average molecular weight is 329 g/mol. The number of nitro benzene ring substituents is 1. The van der Waals surface area contributed by atoms with Gasteiger partial charge in [0.15, 0.2) is 0 Å². The Hall–Kier alpha value is -1.71. The molecule has 1 aromatic carbocycles. The monoisotopic (exact) mass is 329 g/mol. The molecule has 0 aliphatic carbocycles. The molecule has 2 unspecified atom stereocenters. The molecule has 9 heteroatoms. The van der Waals surface area contributed by atoms with Gasteiger partial charge in [-0.2, -0.15) is 0 Å². The maximum absolute atomic E-state index is 11.8. The maximum Gasteiger partial charge on any atom is 0.293 e. The molecule has 1 fully saturated rings. The van der Waals surface area contributed by atoms with Crippen molar-refractivity contribution in [1.29, 1.82) is 0 Å². The average Bonchev–Trinajstić information content (AvgIpc) is 2.45. The number of anilines is 1. The second-order valence-corrected chi connectivity index (χ2v) is 7.16. The molecule has 22 heavy (non-hydrogen) atoms. The number of hydrogen-bond acceptors (Lipinski definition) is 6. The summed E-state index contributed by atoms with van der Waals surface area (Å²) in [5, 5.41) is 11.3. The van der Waals surface area contributed by atoms with Gasteiger partial charge in [0, 0.05) is 19.2 Å². The van der Waals surface area contributed by atoms with E-state index < -0.39 is 14.9 Å². The van der Waals surface area contributed by atoms with E-state index in [1.54, 1.807) is 0 Å². The van der Waals surface area contributed by atoms with Crippen LogP contribution in [0, 0.1) is 10.1 Å². The van der Waals surface area contributed by atoms with Crippen molar-refractivity contribution >= 4 is 21.4 Å². The zero-order chi connectivity index (χ0) is 16.5. The molecule has 0 radical (unpaired) electrons. The molecule has 0 spiro atoms. The summed E-state index contributed by atoms with van der Waals surface area (Å²) in [6.45, 7) is 4.83. The van der Waals surface area contributed by atoms with E-state index in [0.29, 0.717) is 18.8 Å². The Bertz CT molecular complexity index is 666. The molecule has 0 bridgehead atoms. The van der Waals surface area contributed by atoms with Crippen LogP contribution < -0.4 is 9.62 Å². The lowest BCUT2D eigenvalue weighted by atomic mass is 10.2. The van der Waals surface area contributed by atoms with E-state index in [2.05, 4.69) is 4.72 Å². The van der Waals surface area contributed by atoms with Crippen LogP contribution in [0.4, 0.5) is 11.4 Å². The highest BCUT2D eigenvalue weighted by Gasteiger charge is 2.28. The number of ether oxygens (including phenoxy) is 1. The van der Waals surface area contributed by atoms with Crippen LogP contribution in [-0.2, 0) is 14.8 Å². The molecule has 1 aromatic rings. The van der Waals surface area contributed by atoms with Crippen LogP contribution in [0.5, 0.6) is 0 Å². The Kier molecular flexibility index (Phi) is 4.69.